The number of nitrogens with zero attached hydrogens (tertiary/aromatic N) is 5. The van der Waals surface area contributed by atoms with Gasteiger partial charge in [0, 0.05) is 45.3 Å². The van der Waals surface area contributed by atoms with Crippen LogP contribution in [0, 0.1) is 5.82 Å². The molecule has 0 radical (unpaired) electrons. The van der Waals surface area contributed by atoms with Gasteiger partial charge in [0.15, 0.2) is 0 Å². The molecule has 1 fully saturated rings. The Kier molecular flexibility index (Phi) is 7.11. The average Bonchev–Trinajstić information content (AvgIpc) is 3.28. The highest BCUT2D eigenvalue weighted by molar-refractivity contribution is 8.39. The van der Waals surface area contributed by atoms with Crippen LogP contribution < -0.4 is 0 Å². The van der Waals surface area contributed by atoms with Crippen molar-refractivity contribution in [1.29, 1.82) is 0 Å². The van der Waals surface area contributed by atoms with Crippen LogP contribution in [0.2, 0.25) is 5.02 Å². The minimum atomic E-state index is -3.73. The van der Waals surface area contributed by atoms with E-state index >= 15 is 0 Å². The first-order chi connectivity index (χ1) is 16.1. The van der Waals surface area contributed by atoms with Crippen molar-refractivity contribution in [1.82, 2.24) is 13.5 Å². The summed E-state index contributed by atoms with van der Waals surface area (Å²) in [5.41, 5.74) is 2.27. The highest BCUT2D eigenvalue weighted by atomic mass is 35.5. The molecule has 0 aromatic heterocycles. The number of halogens is 2. The maximum atomic E-state index is 14.7. The van der Waals surface area contributed by atoms with Gasteiger partial charge < -0.3 is 4.90 Å². The molecule has 34 heavy (non-hydrogen) atoms. The molecule has 182 valence electrons. The number of thiol groups is 1. The smallest absolute Gasteiger partial charge is 0.256 e. The van der Waals surface area contributed by atoms with Crippen LogP contribution in [0.3, 0.4) is 0 Å². The second-order valence-electron chi connectivity index (χ2n) is 8.20. The number of carbonyl (C=O) groups excluding carboxylic acids is 1. The van der Waals surface area contributed by atoms with Gasteiger partial charge in [-0.1, -0.05) is 29.8 Å². The molecule has 0 aliphatic carbocycles. The minimum Gasteiger partial charge on any atom is -0.345 e. The zero-order valence-electron chi connectivity index (χ0n) is 18.9. The molecule has 2 aliphatic rings. The van der Waals surface area contributed by atoms with Gasteiger partial charge in [0.1, 0.15) is 15.8 Å². The number of sulfonamides is 1. The molecule has 2 atom stereocenters. The van der Waals surface area contributed by atoms with E-state index in [9.17, 15) is 17.6 Å². The fourth-order valence-electron chi connectivity index (χ4n) is 3.92. The van der Waals surface area contributed by atoms with E-state index in [0.717, 1.165) is 0 Å². The topological polar surface area (TPSA) is 85.6 Å². The highest BCUT2D eigenvalue weighted by Gasteiger charge is 2.37. The van der Waals surface area contributed by atoms with Crippen LogP contribution in [0.15, 0.2) is 57.6 Å². The van der Waals surface area contributed by atoms with Crippen molar-refractivity contribution in [3.63, 3.8) is 0 Å². The Morgan fingerprint density at radius 2 is 1.94 bits per heavy atom. The summed E-state index contributed by atoms with van der Waals surface area (Å²) in [5.74, 6) is -1.04. The SMILES string of the molecule is CC1CN(S(=O)(=O)c2ccccc2Cl)CCN1[SH]1C=NN=C1c1ccc(C(=O)N(C)C)c(F)c1. The first-order valence-corrected chi connectivity index (χ1v) is 13.7. The monoisotopic (exact) mass is 525 g/mol. The van der Waals surface area contributed by atoms with Crippen molar-refractivity contribution in [2.24, 2.45) is 10.2 Å². The molecule has 0 bridgehead atoms. The van der Waals surface area contributed by atoms with E-state index in [-0.39, 0.29) is 34.6 Å². The molecule has 2 aliphatic heterocycles. The number of amides is 1. The van der Waals surface area contributed by atoms with E-state index < -0.39 is 32.8 Å². The molecule has 0 saturated carbocycles. The fourth-order valence-corrected chi connectivity index (χ4v) is 7.91. The second kappa shape index (κ2) is 9.74. The molecule has 0 N–H and O–H groups in total. The molecule has 0 spiro atoms. The summed E-state index contributed by atoms with van der Waals surface area (Å²) < 4.78 is 44.6. The van der Waals surface area contributed by atoms with E-state index in [2.05, 4.69) is 14.5 Å². The lowest BCUT2D eigenvalue weighted by Gasteiger charge is -2.42. The van der Waals surface area contributed by atoms with Gasteiger partial charge in [-0.05, 0) is 31.2 Å². The summed E-state index contributed by atoms with van der Waals surface area (Å²) in [6, 6.07) is 10.7. The van der Waals surface area contributed by atoms with E-state index in [1.54, 1.807) is 43.9 Å². The molecule has 1 amide bonds. The standard InChI is InChI=1S/C22H25ClFN5O3S2/c1-15-13-28(34(31,32)20-7-5-4-6-18(20)23)10-11-29(15)33-14-25-26-21(33)16-8-9-17(19(24)12-16)22(30)27(2)3/h4-9,12,14-15,33H,10-11,13H2,1-3H3. The number of hydrogen-bond donors (Lipinski definition) is 1. The van der Waals surface area contributed by atoms with E-state index in [1.165, 1.54) is 27.4 Å². The Morgan fingerprint density at radius 1 is 1.21 bits per heavy atom. The molecule has 2 heterocycles. The first-order valence-electron chi connectivity index (χ1n) is 10.5. The van der Waals surface area contributed by atoms with E-state index in [4.69, 9.17) is 11.6 Å². The van der Waals surface area contributed by atoms with Gasteiger partial charge in [-0.25, -0.2) is 12.8 Å². The lowest BCUT2D eigenvalue weighted by atomic mass is 10.1. The molecule has 2 aromatic rings. The zero-order valence-corrected chi connectivity index (χ0v) is 21.4. The van der Waals surface area contributed by atoms with Crippen molar-refractivity contribution in [2.75, 3.05) is 33.7 Å². The third-order valence-electron chi connectivity index (χ3n) is 5.68. The molecular formula is C22H25ClFN5O3S2. The average molecular weight is 526 g/mol. The minimum absolute atomic E-state index is 0.00986. The van der Waals surface area contributed by atoms with Gasteiger partial charge in [-0.15, -0.1) is 16.2 Å². The zero-order chi connectivity index (χ0) is 24.6. The molecule has 2 aromatic carbocycles. The third kappa shape index (κ3) is 4.63. The molecule has 12 heteroatoms. The summed E-state index contributed by atoms with van der Waals surface area (Å²) in [4.78, 5) is 13.6. The number of hydrogen-bond acceptors (Lipinski definition) is 6. The van der Waals surface area contributed by atoms with Crippen LogP contribution in [-0.2, 0) is 10.0 Å². The maximum absolute atomic E-state index is 14.7. The van der Waals surface area contributed by atoms with Gasteiger partial charge in [0.2, 0.25) is 10.0 Å². The number of benzene rings is 2. The summed E-state index contributed by atoms with van der Waals surface area (Å²) >= 11 is 5.02. The summed E-state index contributed by atoms with van der Waals surface area (Å²) in [7, 11) is -0.599. The van der Waals surface area contributed by atoms with Crippen molar-refractivity contribution < 1.29 is 17.6 Å². The molecule has 8 nitrogen and oxygen atoms in total. The summed E-state index contributed by atoms with van der Waals surface area (Å²) in [5, 5.41) is 9.12. The van der Waals surface area contributed by atoms with Gasteiger partial charge in [-0.2, -0.15) is 9.41 Å². The normalized spacial score (nSPS) is 22.6. The fraction of sp³-hybridized carbons (Fsp3) is 0.318. The Bertz CT molecular complexity index is 1290. The Hall–Kier alpha value is -2.31. The van der Waals surface area contributed by atoms with Crippen LogP contribution in [0.25, 0.3) is 0 Å². The lowest BCUT2D eigenvalue weighted by molar-refractivity contribution is 0.0823. The molecule has 4 rings (SSSR count). The second-order valence-corrected chi connectivity index (χ2v) is 12.4. The summed E-state index contributed by atoms with van der Waals surface area (Å²) in [6.07, 6.45) is 0. The van der Waals surface area contributed by atoms with Gasteiger partial charge >= 0.3 is 0 Å². The van der Waals surface area contributed by atoms with Gasteiger partial charge in [0.25, 0.3) is 5.91 Å². The Morgan fingerprint density at radius 3 is 2.59 bits per heavy atom. The van der Waals surface area contributed by atoms with Crippen LogP contribution in [0.5, 0.6) is 0 Å². The summed E-state index contributed by atoms with van der Waals surface area (Å²) in [6.45, 7) is 2.96. The van der Waals surface area contributed by atoms with Crippen LogP contribution in [-0.4, -0.2) is 78.2 Å². The van der Waals surface area contributed by atoms with Crippen molar-refractivity contribution in [3.05, 3.63) is 64.4 Å². The number of carbonyl (C=O) groups is 1. The van der Waals surface area contributed by atoms with Crippen molar-refractivity contribution in [3.8, 4) is 0 Å². The van der Waals surface area contributed by atoms with E-state index in [0.29, 0.717) is 17.2 Å². The van der Waals surface area contributed by atoms with Crippen molar-refractivity contribution >= 4 is 49.2 Å². The lowest BCUT2D eigenvalue weighted by Crippen LogP contribution is -2.52. The van der Waals surface area contributed by atoms with Crippen molar-refractivity contribution in [2.45, 2.75) is 17.9 Å². The van der Waals surface area contributed by atoms with Crippen LogP contribution >= 0.6 is 22.7 Å². The number of piperazine rings is 1. The predicted molar refractivity (Wildman–Crippen MR) is 135 cm³/mol. The van der Waals surface area contributed by atoms with Crippen LogP contribution in [0.1, 0.15) is 22.8 Å². The molecule has 2 unspecified atom stereocenters. The maximum Gasteiger partial charge on any atom is 0.256 e. The quantitative estimate of drug-likeness (QED) is 0.607. The predicted octanol–water partition coefficient (Wildman–Crippen LogP) is 3.20. The third-order valence-corrected chi connectivity index (χ3v) is 10.3. The molecule has 1 saturated heterocycles. The molecular weight excluding hydrogens is 501 g/mol. The highest BCUT2D eigenvalue weighted by Crippen LogP contribution is 2.40. The number of rotatable bonds is 5. The Labute approximate surface area is 206 Å². The van der Waals surface area contributed by atoms with Crippen LogP contribution in [0.4, 0.5) is 4.39 Å². The van der Waals surface area contributed by atoms with Gasteiger partial charge in [-0.3, -0.25) is 9.10 Å². The largest absolute Gasteiger partial charge is 0.345 e. The van der Waals surface area contributed by atoms with Gasteiger partial charge in [0.05, 0.1) is 16.1 Å². The Balaban J connectivity index is 1.52. The van der Waals surface area contributed by atoms with E-state index in [1.807, 2.05) is 6.92 Å². The first kappa shape index (κ1) is 24.8.